The summed E-state index contributed by atoms with van der Waals surface area (Å²) in [4.78, 5) is 8.58. The Balaban J connectivity index is 2.28. The molecule has 0 radical (unpaired) electrons. The van der Waals surface area contributed by atoms with Gasteiger partial charge in [0.15, 0.2) is 5.65 Å². The number of pyridine rings is 1. The molecule has 0 saturated carbocycles. The first-order valence-corrected chi connectivity index (χ1v) is 5.51. The van der Waals surface area contributed by atoms with Crippen LogP contribution in [0.4, 0.5) is 10.3 Å². The number of hydrogen-bond acceptors (Lipinski definition) is 3. The molecule has 3 aromatic rings. The Morgan fingerprint density at radius 3 is 2.67 bits per heavy atom. The number of nitrogen functional groups attached to an aromatic ring is 1. The number of halogens is 1. The van der Waals surface area contributed by atoms with Crippen LogP contribution in [-0.4, -0.2) is 14.5 Å². The van der Waals surface area contributed by atoms with Crippen LogP contribution in [0, 0.1) is 12.7 Å². The number of aryl methyl sites for hydroxylation is 1. The van der Waals surface area contributed by atoms with Crippen molar-refractivity contribution in [1.82, 2.24) is 14.5 Å². The number of rotatable bonds is 1. The number of benzene rings is 1. The summed E-state index contributed by atoms with van der Waals surface area (Å²) in [5.41, 5.74) is 9.06. The number of aromatic nitrogens is 3. The molecule has 2 N–H and O–H groups in total. The summed E-state index contributed by atoms with van der Waals surface area (Å²) in [6, 6.07) is 7.98. The van der Waals surface area contributed by atoms with E-state index in [9.17, 15) is 4.39 Å². The van der Waals surface area contributed by atoms with Gasteiger partial charge in [-0.15, -0.1) is 0 Å². The van der Waals surface area contributed by atoms with Gasteiger partial charge in [-0.05, 0) is 42.8 Å². The molecule has 0 atom stereocenters. The Bertz CT molecular complexity index is 716. The van der Waals surface area contributed by atoms with Gasteiger partial charge in [0.2, 0.25) is 5.95 Å². The molecule has 0 unspecified atom stereocenters. The molecule has 5 heteroatoms. The van der Waals surface area contributed by atoms with Crippen LogP contribution < -0.4 is 5.73 Å². The van der Waals surface area contributed by atoms with E-state index in [4.69, 9.17) is 5.73 Å². The fraction of sp³-hybridized carbons (Fsp3) is 0.0769. The normalized spacial score (nSPS) is 11.0. The molecule has 90 valence electrons. The molecule has 3 rings (SSSR count). The third-order valence-corrected chi connectivity index (χ3v) is 2.74. The van der Waals surface area contributed by atoms with Crippen LogP contribution in [-0.2, 0) is 0 Å². The molecule has 0 aliphatic heterocycles. The van der Waals surface area contributed by atoms with E-state index in [2.05, 4.69) is 9.97 Å². The molecule has 1 aromatic carbocycles. The van der Waals surface area contributed by atoms with Crippen molar-refractivity contribution in [3.8, 4) is 5.69 Å². The van der Waals surface area contributed by atoms with E-state index < -0.39 is 0 Å². The number of nitrogens with zero attached hydrogens (tertiary/aromatic N) is 3. The predicted octanol–water partition coefficient (Wildman–Crippen LogP) is 2.45. The standard InChI is InChI=1S/C13H11FN4/c1-8-6-11-12(16-7-8)18(13(15)17-11)10-4-2-9(14)3-5-10/h2-7H,1H3,(H2,15,17). The smallest absolute Gasteiger partial charge is 0.207 e. The number of fused-ring (bicyclic) bond motifs is 1. The zero-order valence-corrected chi connectivity index (χ0v) is 9.76. The highest BCUT2D eigenvalue weighted by atomic mass is 19.1. The van der Waals surface area contributed by atoms with Crippen molar-refractivity contribution >= 4 is 17.1 Å². The molecular formula is C13H11FN4. The molecule has 0 bridgehead atoms. The van der Waals surface area contributed by atoms with Crippen molar-refractivity contribution in [3.05, 3.63) is 47.9 Å². The van der Waals surface area contributed by atoms with Crippen molar-refractivity contribution in [2.75, 3.05) is 5.73 Å². The summed E-state index contributed by atoms with van der Waals surface area (Å²) in [6.45, 7) is 1.94. The Hall–Kier alpha value is -2.43. The van der Waals surface area contributed by atoms with Crippen LogP contribution in [0.2, 0.25) is 0 Å². The SMILES string of the molecule is Cc1cnc2c(c1)nc(N)n2-c1ccc(F)cc1. The van der Waals surface area contributed by atoms with Gasteiger partial charge < -0.3 is 5.73 Å². The third-order valence-electron chi connectivity index (χ3n) is 2.74. The fourth-order valence-electron chi connectivity index (χ4n) is 1.93. The highest BCUT2D eigenvalue weighted by Gasteiger charge is 2.11. The van der Waals surface area contributed by atoms with E-state index in [0.717, 1.165) is 16.8 Å². The van der Waals surface area contributed by atoms with Crippen LogP contribution in [0.1, 0.15) is 5.56 Å². The molecule has 0 saturated heterocycles. The van der Waals surface area contributed by atoms with Crippen LogP contribution in [0.5, 0.6) is 0 Å². The molecule has 0 fully saturated rings. The average molecular weight is 242 g/mol. The number of imidazole rings is 1. The van der Waals surface area contributed by atoms with E-state index in [1.54, 1.807) is 22.9 Å². The Morgan fingerprint density at radius 2 is 1.94 bits per heavy atom. The molecule has 0 aliphatic carbocycles. The summed E-state index contributed by atoms with van der Waals surface area (Å²) in [7, 11) is 0. The maximum atomic E-state index is 12.9. The van der Waals surface area contributed by atoms with Crippen molar-refractivity contribution in [2.45, 2.75) is 6.92 Å². The summed E-state index contributed by atoms with van der Waals surface area (Å²) in [6.07, 6.45) is 1.75. The summed E-state index contributed by atoms with van der Waals surface area (Å²) >= 11 is 0. The van der Waals surface area contributed by atoms with Gasteiger partial charge in [0.25, 0.3) is 0 Å². The van der Waals surface area contributed by atoms with Crippen LogP contribution >= 0.6 is 0 Å². The minimum Gasteiger partial charge on any atom is -0.369 e. The topological polar surface area (TPSA) is 56.7 Å². The first-order chi connectivity index (χ1) is 8.65. The average Bonchev–Trinajstić information content (AvgIpc) is 2.65. The second-order valence-corrected chi connectivity index (χ2v) is 4.14. The van der Waals surface area contributed by atoms with Gasteiger partial charge >= 0.3 is 0 Å². The van der Waals surface area contributed by atoms with Crippen LogP contribution in [0.3, 0.4) is 0 Å². The largest absolute Gasteiger partial charge is 0.369 e. The lowest BCUT2D eigenvalue weighted by molar-refractivity contribution is 0.627. The Kier molecular flexibility index (Phi) is 2.26. The summed E-state index contributed by atoms with van der Waals surface area (Å²) < 4.78 is 14.6. The lowest BCUT2D eigenvalue weighted by Gasteiger charge is -2.05. The van der Waals surface area contributed by atoms with Gasteiger partial charge in [0.1, 0.15) is 11.3 Å². The highest BCUT2D eigenvalue weighted by Crippen LogP contribution is 2.21. The first-order valence-electron chi connectivity index (χ1n) is 5.51. The molecule has 2 heterocycles. The molecule has 0 spiro atoms. The lowest BCUT2D eigenvalue weighted by atomic mass is 10.3. The van der Waals surface area contributed by atoms with Crippen molar-refractivity contribution in [1.29, 1.82) is 0 Å². The van der Waals surface area contributed by atoms with Crippen LogP contribution in [0.15, 0.2) is 36.5 Å². The summed E-state index contributed by atoms with van der Waals surface area (Å²) in [5.74, 6) is 0.0558. The van der Waals surface area contributed by atoms with Gasteiger partial charge in [0, 0.05) is 6.20 Å². The second-order valence-electron chi connectivity index (χ2n) is 4.14. The van der Waals surface area contributed by atoms with E-state index in [0.29, 0.717) is 11.6 Å². The zero-order chi connectivity index (χ0) is 12.7. The zero-order valence-electron chi connectivity index (χ0n) is 9.76. The Morgan fingerprint density at radius 1 is 1.22 bits per heavy atom. The quantitative estimate of drug-likeness (QED) is 0.713. The third kappa shape index (κ3) is 1.60. The second kappa shape index (κ2) is 3.80. The minimum absolute atomic E-state index is 0.287. The van der Waals surface area contributed by atoms with Crippen molar-refractivity contribution in [2.24, 2.45) is 0 Å². The van der Waals surface area contributed by atoms with Gasteiger partial charge in [0.05, 0.1) is 5.69 Å². The molecule has 0 amide bonds. The van der Waals surface area contributed by atoms with Crippen LogP contribution in [0.25, 0.3) is 16.9 Å². The van der Waals surface area contributed by atoms with Gasteiger partial charge in [-0.1, -0.05) is 0 Å². The highest BCUT2D eigenvalue weighted by molar-refractivity contribution is 5.77. The number of anilines is 1. The van der Waals surface area contributed by atoms with Gasteiger partial charge in [-0.2, -0.15) is 0 Å². The maximum absolute atomic E-state index is 12.9. The Labute approximate surface area is 103 Å². The monoisotopic (exact) mass is 242 g/mol. The first kappa shape index (κ1) is 10.7. The number of nitrogens with two attached hydrogens (primary N) is 1. The minimum atomic E-state index is -0.287. The van der Waals surface area contributed by atoms with E-state index in [1.807, 2.05) is 13.0 Å². The van der Waals surface area contributed by atoms with E-state index in [1.165, 1.54) is 12.1 Å². The number of hydrogen-bond donors (Lipinski definition) is 1. The van der Waals surface area contributed by atoms with Crippen molar-refractivity contribution in [3.63, 3.8) is 0 Å². The van der Waals surface area contributed by atoms with Gasteiger partial charge in [-0.3, -0.25) is 4.57 Å². The molecular weight excluding hydrogens is 231 g/mol. The lowest BCUT2D eigenvalue weighted by Crippen LogP contribution is -2.01. The fourth-order valence-corrected chi connectivity index (χ4v) is 1.93. The maximum Gasteiger partial charge on any atom is 0.207 e. The van der Waals surface area contributed by atoms with E-state index in [-0.39, 0.29) is 5.82 Å². The van der Waals surface area contributed by atoms with Crippen molar-refractivity contribution < 1.29 is 4.39 Å². The molecule has 18 heavy (non-hydrogen) atoms. The van der Waals surface area contributed by atoms with Gasteiger partial charge in [-0.25, -0.2) is 14.4 Å². The summed E-state index contributed by atoms with van der Waals surface area (Å²) in [5, 5.41) is 0. The molecule has 2 aromatic heterocycles. The van der Waals surface area contributed by atoms with E-state index >= 15 is 0 Å². The molecule has 4 nitrogen and oxygen atoms in total. The predicted molar refractivity (Wildman–Crippen MR) is 68.0 cm³/mol. The molecule has 0 aliphatic rings.